The van der Waals surface area contributed by atoms with Gasteiger partial charge in [0.15, 0.2) is 0 Å². The molecule has 2 rings (SSSR count). The minimum absolute atomic E-state index is 0.0994. The minimum Gasteiger partial charge on any atom is -0.383 e. The normalized spacial score (nSPS) is 18.3. The fraction of sp³-hybridized carbons (Fsp3) is 0.692. The number of ether oxygens (including phenoxy) is 1. The van der Waals surface area contributed by atoms with Crippen LogP contribution in [0.25, 0.3) is 0 Å². The van der Waals surface area contributed by atoms with E-state index in [1.165, 1.54) is 4.68 Å². The first-order valence-corrected chi connectivity index (χ1v) is 7.53. The van der Waals surface area contributed by atoms with Gasteiger partial charge in [-0.1, -0.05) is 0 Å². The summed E-state index contributed by atoms with van der Waals surface area (Å²) >= 11 is 3.39. The minimum atomic E-state index is -0.0994. The van der Waals surface area contributed by atoms with Gasteiger partial charge in [-0.05, 0) is 22.9 Å². The van der Waals surface area contributed by atoms with E-state index in [2.05, 4.69) is 37.8 Å². The summed E-state index contributed by atoms with van der Waals surface area (Å²) in [7, 11) is 3.39. The maximum Gasteiger partial charge on any atom is 0.282 e. The number of methoxy groups -OCH3 is 1. The fourth-order valence-electron chi connectivity index (χ4n) is 2.47. The molecule has 6 nitrogen and oxygen atoms in total. The maximum atomic E-state index is 11.9. The third-order valence-corrected chi connectivity index (χ3v) is 4.49. The zero-order chi connectivity index (χ0) is 14.7. The molecule has 0 bridgehead atoms. The molecule has 0 aromatic carbocycles. The van der Waals surface area contributed by atoms with Gasteiger partial charge in [-0.2, -0.15) is 5.10 Å². The number of nitrogens with zero attached hydrogens (tertiary/aromatic N) is 4. The van der Waals surface area contributed by atoms with E-state index < -0.39 is 0 Å². The molecule has 1 atom stereocenters. The molecule has 1 aromatic rings. The molecule has 112 valence electrons. The monoisotopic (exact) mass is 344 g/mol. The third kappa shape index (κ3) is 3.21. The molecule has 1 aliphatic rings. The van der Waals surface area contributed by atoms with E-state index in [0.717, 1.165) is 38.5 Å². The predicted molar refractivity (Wildman–Crippen MR) is 82.3 cm³/mol. The first-order chi connectivity index (χ1) is 9.54. The molecule has 2 heterocycles. The van der Waals surface area contributed by atoms with Crippen LogP contribution in [0.1, 0.15) is 6.92 Å². The zero-order valence-corrected chi connectivity index (χ0v) is 13.8. The number of anilines is 1. The van der Waals surface area contributed by atoms with E-state index >= 15 is 0 Å². The van der Waals surface area contributed by atoms with E-state index in [4.69, 9.17) is 4.74 Å². The highest BCUT2D eigenvalue weighted by atomic mass is 79.9. The Morgan fingerprint density at radius 2 is 2.05 bits per heavy atom. The molecular weight excluding hydrogens is 324 g/mol. The molecule has 1 aliphatic heterocycles. The highest BCUT2D eigenvalue weighted by molar-refractivity contribution is 9.10. The van der Waals surface area contributed by atoms with Gasteiger partial charge < -0.3 is 9.64 Å². The Bertz CT molecular complexity index is 512. The van der Waals surface area contributed by atoms with Crippen molar-refractivity contribution in [2.75, 3.05) is 44.8 Å². The van der Waals surface area contributed by atoms with Crippen molar-refractivity contribution in [2.45, 2.75) is 13.0 Å². The smallest absolute Gasteiger partial charge is 0.282 e. The highest BCUT2D eigenvalue weighted by Gasteiger charge is 2.23. The van der Waals surface area contributed by atoms with Gasteiger partial charge in [0.25, 0.3) is 5.56 Å². The van der Waals surface area contributed by atoms with Crippen LogP contribution in [-0.2, 0) is 11.8 Å². The quantitative estimate of drug-likeness (QED) is 0.804. The van der Waals surface area contributed by atoms with Crippen LogP contribution in [-0.4, -0.2) is 60.6 Å². The molecule has 1 saturated heterocycles. The second kappa shape index (κ2) is 6.69. The van der Waals surface area contributed by atoms with Crippen LogP contribution in [0.2, 0.25) is 0 Å². The first-order valence-electron chi connectivity index (χ1n) is 6.74. The van der Waals surface area contributed by atoms with Crippen LogP contribution >= 0.6 is 15.9 Å². The molecule has 0 radical (unpaired) electrons. The Labute approximate surface area is 127 Å². The standard InChI is InChI=1S/C13H21BrN4O2/c1-10(9-20-3)17-4-6-18(7-5-17)11-8-15-16(2)13(19)12(11)14/h8,10H,4-7,9H2,1-3H3. The Balaban J connectivity index is 2.04. The SMILES string of the molecule is COCC(C)N1CCN(c2cnn(C)c(=O)c2Br)CC1. The van der Waals surface area contributed by atoms with Crippen molar-refractivity contribution in [2.24, 2.45) is 7.05 Å². The number of aromatic nitrogens is 2. The molecule has 0 saturated carbocycles. The van der Waals surface area contributed by atoms with Gasteiger partial charge in [0.05, 0.1) is 18.5 Å². The van der Waals surface area contributed by atoms with Crippen LogP contribution in [0.3, 0.4) is 0 Å². The van der Waals surface area contributed by atoms with E-state index in [0.29, 0.717) is 10.5 Å². The summed E-state index contributed by atoms with van der Waals surface area (Å²) in [6.45, 7) is 6.63. The van der Waals surface area contributed by atoms with E-state index in [1.54, 1.807) is 20.4 Å². The zero-order valence-electron chi connectivity index (χ0n) is 12.2. The molecule has 20 heavy (non-hydrogen) atoms. The van der Waals surface area contributed by atoms with Crippen molar-refractivity contribution in [3.05, 3.63) is 21.0 Å². The lowest BCUT2D eigenvalue weighted by atomic mass is 10.2. The van der Waals surface area contributed by atoms with Crippen molar-refractivity contribution >= 4 is 21.6 Å². The Hall–Kier alpha value is -0.920. The summed E-state index contributed by atoms with van der Waals surface area (Å²) < 4.78 is 7.13. The molecule has 0 amide bonds. The molecule has 0 aliphatic carbocycles. The molecule has 1 unspecified atom stereocenters. The number of hydrogen-bond donors (Lipinski definition) is 0. The van der Waals surface area contributed by atoms with Crippen LogP contribution in [0, 0.1) is 0 Å². The van der Waals surface area contributed by atoms with Crippen molar-refractivity contribution in [3.8, 4) is 0 Å². The van der Waals surface area contributed by atoms with E-state index in [1.807, 2.05) is 0 Å². The highest BCUT2D eigenvalue weighted by Crippen LogP contribution is 2.23. The van der Waals surface area contributed by atoms with Gasteiger partial charge in [-0.3, -0.25) is 9.69 Å². The van der Waals surface area contributed by atoms with Gasteiger partial charge in [0.1, 0.15) is 4.47 Å². The van der Waals surface area contributed by atoms with Crippen molar-refractivity contribution < 1.29 is 4.74 Å². The summed E-state index contributed by atoms with van der Waals surface area (Å²) in [5.74, 6) is 0. The second-order valence-electron chi connectivity index (χ2n) is 5.10. The Kier molecular flexibility index (Phi) is 5.17. The summed E-state index contributed by atoms with van der Waals surface area (Å²) in [4.78, 5) is 16.5. The fourth-order valence-corrected chi connectivity index (χ4v) is 3.08. The van der Waals surface area contributed by atoms with Crippen LogP contribution in [0.5, 0.6) is 0 Å². The number of piperazine rings is 1. The van der Waals surface area contributed by atoms with Crippen molar-refractivity contribution in [1.29, 1.82) is 0 Å². The lowest BCUT2D eigenvalue weighted by Gasteiger charge is -2.39. The number of aryl methyl sites for hydroxylation is 1. The topological polar surface area (TPSA) is 50.6 Å². The van der Waals surface area contributed by atoms with Crippen LogP contribution < -0.4 is 10.5 Å². The molecule has 1 fully saturated rings. The van der Waals surface area contributed by atoms with E-state index in [-0.39, 0.29) is 5.56 Å². The Morgan fingerprint density at radius 1 is 1.40 bits per heavy atom. The van der Waals surface area contributed by atoms with Gasteiger partial charge >= 0.3 is 0 Å². The Morgan fingerprint density at radius 3 is 2.65 bits per heavy atom. The molecule has 7 heteroatoms. The summed E-state index contributed by atoms with van der Waals surface area (Å²) in [6.07, 6.45) is 1.75. The molecule has 0 spiro atoms. The lowest BCUT2D eigenvalue weighted by molar-refractivity contribution is 0.0953. The first kappa shape index (κ1) is 15.5. The second-order valence-corrected chi connectivity index (χ2v) is 5.89. The van der Waals surface area contributed by atoms with Gasteiger partial charge in [-0.15, -0.1) is 0 Å². The number of hydrogen-bond acceptors (Lipinski definition) is 5. The lowest BCUT2D eigenvalue weighted by Crippen LogP contribution is -2.51. The van der Waals surface area contributed by atoms with Gasteiger partial charge in [0, 0.05) is 46.4 Å². The maximum absolute atomic E-state index is 11.9. The van der Waals surface area contributed by atoms with E-state index in [9.17, 15) is 4.79 Å². The average molecular weight is 345 g/mol. The molecular formula is C13H21BrN4O2. The van der Waals surface area contributed by atoms with Crippen LogP contribution in [0.4, 0.5) is 5.69 Å². The number of rotatable bonds is 4. The van der Waals surface area contributed by atoms with Crippen molar-refractivity contribution in [3.63, 3.8) is 0 Å². The molecule has 1 aromatic heterocycles. The number of halogens is 1. The average Bonchev–Trinajstić information content (AvgIpc) is 2.45. The summed E-state index contributed by atoms with van der Waals surface area (Å²) in [5, 5.41) is 4.10. The molecule has 0 N–H and O–H groups in total. The van der Waals surface area contributed by atoms with Crippen molar-refractivity contribution in [1.82, 2.24) is 14.7 Å². The van der Waals surface area contributed by atoms with Crippen LogP contribution in [0.15, 0.2) is 15.5 Å². The third-order valence-electron chi connectivity index (χ3n) is 3.75. The van der Waals surface area contributed by atoms with Gasteiger partial charge in [0.2, 0.25) is 0 Å². The largest absolute Gasteiger partial charge is 0.383 e. The predicted octanol–water partition coefficient (Wildman–Crippen LogP) is 0.700. The summed E-state index contributed by atoms with van der Waals surface area (Å²) in [6, 6.07) is 0.423. The summed E-state index contributed by atoms with van der Waals surface area (Å²) in [5.41, 5.74) is 0.782. The van der Waals surface area contributed by atoms with Gasteiger partial charge in [-0.25, -0.2) is 4.68 Å².